The Hall–Kier alpha value is -1.30. The SMILES string of the molecule is CC(C)(C)OC1CN(C(=O)O)CC1NC(=O)C(C)(C)C. The van der Waals surface area contributed by atoms with Gasteiger partial charge in [0, 0.05) is 12.0 Å². The summed E-state index contributed by atoms with van der Waals surface area (Å²) in [5, 5.41) is 12.0. The molecule has 1 aliphatic rings. The minimum atomic E-state index is -0.986. The van der Waals surface area contributed by atoms with Gasteiger partial charge in [0.25, 0.3) is 0 Å². The zero-order chi connectivity index (χ0) is 15.7. The molecule has 0 bridgehead atoms. The van der Waals surface area contributed by atoms with Crippen LogP contribution in [0.25, 0.3) is 0 Å². The fraction of sp³-hybridized carbons (Fsp3) is 0.857. The quantitative estimate of drug-likeness (QED) is 0.809. The number of amides is 2. The molecular formula is C14H26N2O4. The van der Waals surface area contributed by atoms with Gasteiger partial charge >= 0.3 is 6.09 Å². The van der Waals surface area contributed by atoms with Crippen LogP contribution in [0.15, 0.2) is 0 Å². The first-order valence-corrected chi connectivity index (χ1v) is 6.87. The largest absolute Gasteiger partial charge is 0.465 e. The highest BCUT2D eigenvalue weighted by Crippen LogP contribution is 2.22. The topological polar surface area (TPSA) is 78.9 Å². The van der Waals surface area contributed by atoms with Crippen LogP contribution in [-0.4, -0.2) is 52.8 Å². The van der Waals surface area contributed by atoms with Crippen molar-refractivity contribution in [3.8, 4) is 0 Å². The van der Waals surface area contributed by atoms with E-state index in [9.17, 15) is 9.59 Å². The Morgan fingerprint density at radius 1 is 1.15 bits per heavy atom. The number of nitrogens with zero attached hydrogens (tertiary/aromatic N) is 1. The average Bonchev–Trinajstić information content (AvgIpc) is 2.57. The van der Waals surface area contributed by atoms with Gasteiger partial charge in [0.05, 0.1) is 24.3 Å². The summed E-state index contributed by atoms with van der Waals surface area (Å²) in [7, 11) is 0. The molecule has 20 heavy (non-hydrogen) atoms. The molecule has 6 heteroatoms. The molecule has 1 saturated heterocycles. The van der Waals surface area contributed by atoms with Gasteiger partial charge in [0.2, 0.25) is 5.91 Å². The zero-order valence-electron chi connectivity index (χ0n) is 13.2. The molecule has 2 atom stereocenters. The molecule has 0 spiro atoms. The molecule has 2 N–H and O–H groups in total. The third kappa shape index (κ3) is 4.67. The van der Waals surface area contributed by atoms with Crippen molar-refractivity contribution in [2.45, 2.75) is 59.3 Å². The first kappa shape index (κ1) is 16.8. The van der Waals surface area contributed by atoms with E-state index in [1.54, 1.807) is 0 Å². The number of hydrogen-bond donors (Lipinski definition) is 2. The lowest BCUT2D eigenvalue weighted by atomic mass is 9.95. The van der Waals surface area contributed by atoms with Crippen molar-refractivity contribution in [1.82, 2.24) is 10.2 Å². The molecule has 116 valence electrons. The van der Waals surface area contributed by atoms with Gasteiger partial charge in [-0.1, -0.05) is 20.8 Å². The Balaban J connectivity index is 2.78. The lowest BCUT2D eigenvalue weighted by Crippen LogP contribution is -2.49. The Bertz CT molecular complexity index is 382. The van der Waals surface area contributed by atoms with Gasteiger partial charge in [0.1, 0.15) is 0 Å². The average molecular weight is 286 g/mol. The summed E-state index contributed by atoms with van der Waals surface area (Å²) in [6.45, 7) is 11.8. The van der Waals surface area contributed by atoms with Crippen LogP contribution in [0.4, 0.5) is 4.79 Å². The van der Waals surface area contributed by atoms with Crippen LogP contribution in [0.2, 0.25) is 0 Å². The number of carbonyl (C=O) groups excluding carboxylic acids is 1. The van der Waals surface area contributed by atoms with Gasteiger partial charge in [-0.25, -0.2) is 4.79 Å². The van der Waals surface area contributed by atoms with Crippen molar-refractivity contribution >= 4 is 12.0 Å². The lowest BCUT2D eigenvalue weighted by Gasteiger charge is -2.30. The van der Waals surface area contributed by atoms with Crippen LogP contribution in [0.5, 0.6) is 0 Å². The molecule has 1 aliphatic heterocycles. The van der Waals surface area contributed by atoms with Crippen LogP contribution in [0.3, 0.4) is 0 Å². The number of rotatable bonds is 2. The number of ether oxygens (including phenoxy) is 1. The van der Waals surface area contributed by atoms with Crippen LogP contribution >= 0.6 is 0 Å². The third-order valence-corrected chi connectivity index (χ3v) is 3.04. The molecule has 1 rings (SSSR count). The second kappa shape index (κ2) is 5.60. The summed E-state index contributed by atoms with van der Waals surface area (Å²) < 4.78 is 5.89. The molecule has 1 heterocycles. The molecule has 0 aliphatic carbocycles. The Labute approximate surface area is 120 Å². The molecule has 0 aromatic rings. The van der Waals surface area contributed by atoms with Crippen molar-refractivity contribution in [2.75, 3.05) is 13.1 Å². The van der Waals surface area contributed by atoms with Crippen LogP contribution in [0.1, 0.15) is 41.5 Å². The minimum absolute atomic E-state index is 0.0998. The second-order valence-corrected chi connectivity index (χ2v) is 7.29. The fourth-order valence-corrected chi connectivity index (χ4v) is 2.03. The summed E-state index contributed by atoms with van der Waals surface area (Å²) >= 11 is 0. The van der Waals surface area contributed by atoms with E-state index in [0.717, 1.165) is 0 Å². The first-order chi connectivity index (χ1) is 8.90. The molecule has 0 aromatic heterocycles. The smallest absolute Gasteiger partial charge is 0.407 e. The maximum Gasteiger partial charge on any atom is 0.407 e. The van der Waals surface area contributed by atoms with Gasteiger partial charge < -0.3 is 20.1 Å². The minimum Gasteiger partial charge on any atom is -0.465 e. The van der Waals surface area contributed by atoms with Crippen molar-refractivity contribution in [3.05, 3.63) is 0 Å². The summed E-state index contributed by atoms with van der Waals surface area (Å²) in [6.07, 6.45) is -1.31. The molecule has 0 radical (unpaired) electrons. The molecule has 0 aromatic carbocycles. The third-order valence-electron chi connectivity index (χ3n) is 3.04. The van der Waals surface area contributed by atoms with Crippen molar-refractivity contribution in [2.24, 2.45) is 5.41 Å². The van der Waals surface area contributed by atoms with E-state index >= 15 is 0 Å². The van der Waals surface area contributed by atoms with Crippen LogP contribution in [0, 0.1) is 5.41 Å². The van der Waals surface area contributed by atoms with Crippen LogP contribution in [-0.2, 0) is 9.53 Å². The second-order valence-electron chi connectivity index (χ2n) is 7.29. The molecule has 0 saturated carbocycles. The highest BCUT2D eigenvalue weighted by atomic mass is 16.5. The number of hydrogen-bond acceptors (Lipinski definition) is 3. The summed E-state index contributed by atoms with van der Waals surface area (Å²) in [5.74, 6) is -0.0998. The van der Waals surface area contributed by atoms with E-state index in [-0.39, 0.29) is 36.7 Å². The Morgan fingerprint density at radius 2 is 1.70 bits per heavy atom. The van der Waals surface area contributed by atoms with E-state index in [0.29, 0.717) is 0 Å². The standard InChI is InChI=1S/C14H26N2O4/c1-13(2,3)11(17)15-9-7-16(12(18)19)8-10(9)20-14(4,5)6/h9-10H,7-8H2,1-6H3,(H,15,17)(H,18,19). The van der Waals surface area contributed by atoms with Gasteiger partial charge in [-0.3, -0.25) is 4.79 Å². The highest BCUT2D eigenvalue weighted by molar-refractivity contribution is 5.81. The van der Waals surface area contributed by atoms with E-state index in [2.05, 4.69) is 5.32 Å². The van der Waals surface area contributed by atoms with E-state index < -0.39 is 11.5 Å². The lowest BCUT2D eigenvalue weighted by molar-refractivity contribution is -0.131. The Morgan fingerprint density at radius 3 is 2.10 bits per heavy atom. The van der Waals surface area contributed by atoms with E-state index in [1.165, 1.54) is 4.90 Å². The first-order valence-electron chi connectivity index (χ1n) is 6.87. The van der Waals surface area contributed by atoms with Crippen LogP contribution < -0.4 is 5.32 Å². The summed E-state index contributed by atoms with van der Waals surface area (Å²) in [4.78, 5) is 24.5. The van der Waals surface area contributed by atoms with E-state index in [4.69, 9.17) is 9.84 Å². The van der Waals surface area contributed by atoms with E-state index in [1.807, 2.05) is 41.5 Å². The van der Waals surface area contributed by atoms with Gasteiger partial charge in [-0.15, -0.1) is 0 Å². The summed E-state index contributed by atoms with van der Waals surface area (Å²) in [6, 6.07) is -0.308. The van der Waals surface area contributed by atoms with Gasteiger partial charge in [0.15, 0.2) is 0 Å². The predicted octanol–water partition coefficient (Wildman–Crippen LogP) is 1.69. The number of likely N-dealkylation sites (tertiary alicyclic amines) is 1. The maximum atomic E-state index is 12.1. The molecule has 2 amide bonds. The summed E-state index contributed by atoms with van der Waals surface area (Å²) in [5.41, 5.74) is -0.896. The zero-order valence-corrected chi connectivity index (χ0v) is 13.2. The Kier molecular flexibility index (Phi) is 4.69. The normalized spacial score (nSPS) is 23.8. The molecule has 6 nitrogen and oxygen atoms in total. The molecular weight excluding hydrogens is 260 g/mol. The maximum absolute atomic E-state index is 12.1. The number of nitrogens with one attached hydrogen (secondary N) is 1. The van der Waals surface area contributed by atoms with Gasteiger partial charge in [-0.05, 0) is 20.8 Å². The van der Waals surface area contributed by atoms with Gasteiger partial charge in [-0.2, -0.15) is 0 Å². The van der Waals surface area contributed by atoms with Crippen molar-refractivity contribution in [1.29, 1.82) is 0 Å². The highest BCUT2D eigenvalue weighted by Gasteiger charge is 2.40. The van der Waals surface area contributed by atoms with Crippen molar-refractivity contribution < 1.29 is 19.4 Å². The predicted molar refractivity (Wildman–Crippen MR) is 75.6 cm³/mol. The monoisotopic (exact) mass is 286 g/mol. The fourth-order valence-electron chi connectivity index (χ4n) is 2.03. The van der Waals surface area contributed by atoms with Crippen molar-refractivity contribution in [3.63, 3.8) is 0 Å². The molecule has 1 fully saturated rings. The number of carboxylic acid groups (broad SMARTS) is 1. The number of carbonyl (C=O) groups is 2. The molecule has 2 unspecified atom stereocenters.